The van der Waals surface area contributed by atoms with E-state index in [0.29, 0.717) is 32.2 Å². The van der Waals surface area contributed by atoms with E-state index in [1.807, 2.05) is 11.0 Å². The predicted molar refractivity (Wildman–Crippen MR) is 141 cm³/mol. The molecule has 1 aromatic heterocycles. The van der Waals surface area contributed by atoms with Gasteiger partial charge in [-0.1, -0.05) is 36.4 Å². The second-order valence-electron chi connectivity index (χ2n) is 10.8. The summed E-state index contributed by atoms with van der Waals surface area (Å²) in [5, 5.41) is 1.16. The number of carbonyl (C=O) groups excluding carboxylic acids is 1. The molecule has 3 aromatic rings. The highest BCUT2D eigenvalue weighted by atomic mass is 16.7. The second kappa shape index (κ2) is 9.66. The van der Waals surface area contributed by atoms with Crippen molar-refractivity contribution in [2.24, 2.45) is 0 Å². The molecule has 6 rings (SSSR count). The maximum Gasteiger partial charge on any atom is 0.270 e. The highest BCUT2D eigenvalue weighted by molar-refractivity contribution is 6.01. The maximum atomic E-state index is 13.7. The first-order chi connectivity index (χ1) is 17.5. The van der Waals surface area contributed by atoms with Gasteiger partial charge in [0.05, 0.1) is 13.2 Å². The lowest BCUT2D eigenvalue weighted by atomic mass is 9.85. The van der Waals surface area contributed by atoms with Crippen LogP contribution in [0.1, 0.15) is 64.3 Å². The van der Waals surface area contributed by atoms with Gasteiger partial charge in [-0.25, -0.2) is 0 Å². The van der Waals surface area contributed by atoms with Crippen molar-refractivity contribution in [2.45, 2.75) is 57.8 Å². The summed E-state index contributed by atoms with van der Waals surface area (Å²) in [5.41, 5.74) is 7.25. The van der Waals surface area contributed by atoms with Gasteiger partial charge in [-0.2, -0.15) is 0 Å². The number of fused-ring (bicyclic) bond motifs is 1. The van der Waals surface area contributed by atoms with E-state index in [1.165, 1.54) is 16.7 Å². The number of rotatable bonds is 4. The number of aryl methyl sites for hydroxylation is 1. The number of piperidine rings is 2. The van der Waals surface area contributed by atoms with Crippen LogP contribution in [-0.2, 0) is 16.0 Å². The summed E-state index contributed by atoms with van der Waals surface area (Å²) in [4.78, 5) is 21.7. The summed E-state index contributed by atoms with van der Waals surface area (Å²) in [7, 11) is 0. The van der Waals surface area contributed by atoms with Crippen molar-refractivity contribution in [3.8, 4) is 0 Å². The quantitative estimate of drug-likeness (QED) is 0.553. The van der Waals surface area contributed by atoms with Crippen molar-refractivity contribution in [1.29, 1.82) is 0 Å². The molecule has 0 atom stereocenters. The Morgan fingerprint density at radius 2 is 1.69 bits per heavy atom. The Hall–Kier alpha value is -2.67. The molecule has 0 bridgehead atoms. The molecule has 6 heteroatoms. The van der Waals surface area contributed by atoms with E-state index >= 15 is 0 Å². The van der Waals surface area contributed by atoms with Gasteiger partial charge >= 0.3 is 0 Å². The Kier molecular flexibility index (Phi) is 6.36. The topological polar surface area (TPSA) is 57.8 Å². The Bertz CT molecular complexity index is 1240. The van der Waals surface area contributed by atoms with Crippen molar-refractivity contribution in [1.82, 2.24) is 14.8 Å². The summed E-state index contributed by atoms with van der Waals surface area (Å²) >= 11 is 0. The van der Waals surface area contributed by atoms with Gasteiger partial charge in [0.25, 0.3) is 5.91 Å². The minimum Gasteiger partial charge on any atom is -0.350 e. The SMILES string of the molecule is Cc1cccc(C2CCN(Cc3c(C(=O)N4CCC5(CC4)OCCO5)[nH]c4ccccc34)CC2)c1C. The van der Waals surface area contributed by atoms with Gasteiger partial charge in [0.2, 0.25) is 0 Å². The Balaban J connectivity index is 1.18. The van der Waals surface area contributed by atoms with Crippen LogP contribution >= 0.6 is 0 Å². The number of hydrogen-bond donors (Lipinski definition) is 1. The average molecular weight is 488 g/mol. The molecule has 1 amide bonds. The molecule has 1 spiro atoms. The van der Waals surface area contributed by atoms with Crippen molar-refractivity contribution in [2.75, 3.05) is 39.4 Å². The van der Waals surface area contributed by atoms with Crippen molar-refractivity contribution in [3.05, 3.63) is 70.4 Å². The number of amides is 1. The molecular formula is C30H37N3O3. The fourth-order valence-electron chi connectivity index (χ4n) is 6.38. The van der Waals surface area contributed by atoms with E-state index in [0.717, 1.165) is 67.5 Å². The van der Waals surface area contributed by atoms with Crippen LogP contribution in [0.5, 0.6) is 0 Å². The third kappa shape index (κ3) is 4.36. The van der Waals surface area contributed by atoms with Crippen LogP contribution in [-0.4, -0.2) is 65.9 Å². The van der Waals surface area contributed by atoms with Crippen LogP contribution in [0.2, 0.25) is 0 Å². The maximum absolute atomic E-state index is 13.7. The Morgan fingerprint density at radius 3 is 2.44 bits per heavy atom. The molecule has 2 aromatic carbocycles. The number of hydrogen-bond acceptors (Lipinski definition) is 4. The second-order valence-corrected chi connectivity index (χ2v) is 10.8. The first-order valence-electron chi connectivity index (χ1n) is 13.5. The summed E-state index contributed by atoms with van der Waals surface area (Å²) in [6.07, 6.45) is 3.79. The van der Waals surface area contributed by atoms with Gasteiger partial charge in [0.1, 0.15) is 5.69 Å². The zero-order chi connectivity index (χ0) is 24.7. The molecule has 190 valence electrons. The van der Waals surface area contributed by atoms with E-state index in [9.17, 15) is 4.79 Å². The van der Waals surface area contributed by atoms with Crippen LogP contribution in [0.3, 0.4) is 0 Å². The highest BCUT2D eigenvalue weighted by Crippen LogP contribution is 2.35. The Morgan fingerprint density at radius 1 is 0.972 bits per heavy atom. The summed E-state index contributed by atoms with van der Waals surface area (Å²) < 4.78 is 11.7. The number of ether oxygens (including phenoxy) is 2. The molecule has 3 fully saturated rings. The van der Waals surface area contributed by atoms with Crippen LogP contribution in [0.4, 0.5) is 0 Å². The van der Waals surface area contributed by atoms with Gasteiger partial charge in [0, 0.05) is 48.9 Å². The molecule has 1 N–H and O–H groups in total. The molecule has 0 saturated carbocycles. The number of carbonyl (C=O) groups is 1. The van der Waals surface area contributed by atoms with Crippen molar-refractivity contribution >= 4 is 16.8 Å². The lowest BCUT2D eigenvalue weighted by Gasteiger charge is -2.37. The minimum absolute atomic E-state index is 0.0966. The molecular weight excluding hydrogens is 450 g/mol. The van der Waals surface area contributed by atoms with Gasteiger partial charge in [-0.05, 0) is 68.5 Å². The molecule has 0 unspecified atom stereocenters. The molecule has 3 aliphatic rings. The predicted octanol–water partition coefficient (Wildman–Crippen LogP) is 5.14. The van der Waals surface area contributed by atoms with E-state index < -0.39 is 5.79 Å². The number of nitrogens with zero attached hydrogens (tertiary/aromatic N) is 2. The summed E-state index contributed by atoms with van der Waals surface area (Å²) in [6, 6.07) is 15.0. The van der Waals surface area contributed by atoms with E-state index in [2.05, 4.69) is 60.1 Å². The van der Waals surface area contributed by atoms with E-state index in [-0.39, 0.29) is 5.91 Å². The highest BCUT2D eigenvalue weighted by Gasteiger charge is 2.41. The summed E-state index contributed by atoms with van der Waals surface area (Å²) in [6.45, 7) is 9.99. The van der Waals surface area contributed by atoms with Crippen LogP contribution in [0, 0.1) is 13.8 Å². The number of likely N-dealkylation sites (tertiary alicyclic amines) is 2. The van der Waals surface area contributed by atoms with Crippen LogP contribution in [0.15, 0.2) is 42.5 Å². The van der Waals surface area contributed by atoms with Crippen molar-refractivity contribution < 1.29 is 14.3 Å². The standard InChI is InChI=1S/C30H37N3O3/c1-21-6-5-8-24(22(21)2)23-10-14-32(15-11-23)20-26-25-7-3-4-9-27(25)31-28(26)29(34)33-16-12-30(13-17-33)35-18-19-36-30/h3-9,23,31H,10-20H2,1-2H3. The number of aromatic amines is 1. The average Bonchev–Trinajstić information content (AvgIpc) is 3.51. The van der Waals surface area contributed by atoms with E-state index in [1.54, 1.807) is 0 Å². The third-order valence-corrected chi connectivity index (χ3v) is 8.71. The number of para-hydroxylation sites is 1. The van der Waals surface area contributed by atoms with Gasteiger partial charge < -0.3 is 19.4 Å². The molecule has 0 radical (unpaired) electrons. The largest absolute Gasteiger partial charge is 0.350 e. The lowest BCUT2D eigenvalue weighted by molar-refractivity contribution is -0.181. The molecule has 3 aliphatic heterocycles. The zero-order valence-electron chi connectivity index (χ0n) is 21.5. The van der Waals surface area contributed by atoms with E-state index in [4.69, 9.17) is 9.47 Å². The molecule has 6 nitrogen and oxygen atoms in total. The van der Waals surface area contributed by atoms with Crippen molar-refractivity contribution in [3.63, 3.8) is 0 Å². The first kappa shape index (κ1) is 23.7. The molecule has 3 saturated heterocycles. The number of aromatic nitrogens is 1. The fraction of sp³-hybridized carbons (Fsp3) is 0.500. The van der Waals surface area contributed by atoms with Gasteiger partial charge in [-0.3, -0.25) is 9.69 Å². The normalized spacial score (nSPS) is 21.0. The number of H-pyrrole nitrogens is 1. The lowest BCUT2D eigenvalue weighted by Crippen LogP contribution is -2.47. The smallest absolute Gasteiger partial charge is 0.270 e. The first-order valence-corrected chi connectivity index (χ1v) is 13.5. The van der Waals surface area contributed by atoms with Crippen LogP contribution < -0.4 is 0 Å². The zero-order valence-corrected chi connectivity index (χ0v) is 21.5. The molecule has 4 heterocycles. The number of benzene rings is 2. The monoisotopic (exact) mass is 487 g/mol. The number of nitrogens with one attached hydrogen (secondary N) is 1. The fourth-order valence-corrected chi connectivity index (χ4v) is 6.38. The van der Waals surface area contributed by atoms with Crippen LogP contribution in [0.25, 0.3) is 10.9 Å². The molecule has 36 heavy (non-hydrogen) atoms. The Labute approximate surface area is 213 Å². The minimum atomic E-state index is -0.472. The van der Waals surface area contributed by atoms with Gasteiger partial charge in [0.15, 0.2) is 5.79 Å². The third-order valence-electron chi connectivity index (χ3n) is 8.71. The van der Waals surface area contributed by atoms with Gasteiger partial charge in [-0.15, -0.1) is 0 Å². The molecule has 0 aliphatic carbocycles. The summed E-state index contributed by atoms with van der Waals surface area (Å²) in [5.74, 6) is 0.241.